The van der Waals surface area contributed by atoms with Crippen molar-refractivity contribution in [1.82, 2.24) is 10.8 Å². The number of hydrogen-bond acceptors (Lipinski definition) is 3. The summed E-state index contributed by atoms with van der Waals surface area (Å²) in [6.45, 7) is 6.41. The molecule has 0 aliphatic heterocycles. The van der Waals surface area contributed by atoms with Gasteiger partial charge in [0.2, 0.25) is 5.91 Å². The summed E-state index contributed by atoms with van der Waals surface area (Å²) in [7, 11) is 0. The van der Waals surface area contributed by atoms with Crippen molar-refractivity contribution in [3.63, 3.8) is 0 Å². The number of benzene rings is 1. The average molecular weight is 264 g/mol. The minimum absolute atomic E-state index is 0.0797. The van der Waals surface area contributed by atoms with E-state index in [9.17, 15) is 9.59 Å². The second-order valence-corrected chi connectivity index (χ2v) is 4.74. The van der Waals surface area contributed by atoms with Crippen LogP contribution in [0.15, 0.2) is 24.3 Å². The third kappa shape index (κ3) is 6.01. The fourth-order valence-corrected chi connectivity index (χ4v) is 1.33. The Kier molecular flexibility index (Phi) is 6.02. The molecule has 0 aliphatic rings. The maximum absolute atomic E-state index is 11.7. The highest BCUT2D eigenvalue weighted by Crippen LogP contribution is 2.04. The van der Waals surface area contributed by atoms with Crippen molar-refractivity contribution in [2.24, 2.45) is 5.92 Å². The molecule has 0 radical (unpaired) electrons. The number of rotatable bonds is 6. The predicted molar refractivity (Wildman–Crippen MR) is 72.2 cm³/mol. The van der Waals surface area contributed by atoms with Gasteiger partial charge >= 0.3 is 0 Å². The molecule has 1 aromatic rings. The topological polar surface area (TPSA) is 67.4 Å². The monoisotopic (exact) mass is 264 g/mol. The Hall–Kier alpha value is -1.88. The van der Waals surface area contributed by atoms with Crippen molar-refractivity contribution in [1.29, 1.82) is 0 Å². The van der Waals surface area contributed by atoms with Crippen LogP contribution in [0.3, 0.4) is 0 Å². The molecule has 5 nitrogen and oxygen atoms in total. The molecule has 0 saturated carbocycles. The van der Waals surface area contributed by atoms with E-state index in [2.05, 4.69) is 10.8 Å². The molecule has 0 heterocycles. The smallest absolute Gasteiger partial charge is 0.274 e. The standard InChI is InChI=1S/C14H20N2O3/c1-10(2)9-19-16-14(18)13-6-4-12(5-7-13)8-15-11(3)17/h4-7,10H,8-9H2,1-3H3,(H,15,17)(H,16,18). The zero-order chi connectivity index (χ0) is 14.3. The van der Waals surface area contributed by atoms with Crippen molar-refractivity contribution in [2.45, 2.75) is 27.3 Å². The lowest BCUT2D eigenvalue weighted by atomic mass is 10.1. The van der Waals surface area contributed by atoms with Crippen molar-refractivity contribution < 1.29 is 14.4 Å². The molecule has 2 N–H and O–H groups in total. The maximum atomic E-state index is 11.7. The van der Waals surface area contributed by atoms with Crippen LogP contribution in [-0.4, -0.2) is 18.4 Å². The predicted octanol–water partition coefficient (Wildman–Crippen LogP) is 1.64. The number of carbonyl (C=O) groups excluding carboxylic acids is 2. The zero-order valence-corrected chi connectivity index (χ0v) is 11.5. The highest BCUT2D eigenvalue weighted by Gasteiger charge is 2.05. The molecule has 0 spiro atoms. The van der Waals surface area contributed by atoms with E-state index in [4.69, 9.17) is 4.84 Å². The lowest BCUT2D eigenvalue weighted by molar-refractivity contribution is -0.119. The third-order valence-corrected chi connectivity index (χ3v) is 2.34. The van der Waals surface area contributed by atoms with E-state index in [-0.39, 0.29) is 11.8 Å². The molecule has 0 aromatic heterocycles. The van der Waals surface area contributed by atoms with Gasteiger partial charge in [-0.15, -0.1) is 0 Å². The normalized spacial score (nSPS) is 10.3. The summed E-state index contributed by atoms with van der Waals surface area (Å²) in [6, 6.07) is 7.00. The fraction of sp³-hybridized carbons (Fsp3) is 0.429. The van der Waals surface area contributed by atoms with E-state index in [1.165, 1.54) is 6.92 Å². The molecule has 0 atom stereocenters. The molecule has 5 heteroatoms. The maximum Gasteiger partial charge on any atom is 0.274 e. The molecule has 104 valence electrons. The van der Waals surface area contributed by atoms with Crippen LogP contribution < -0.4 is 10.8 Å². The Morgan fingerprint density at radius 1 is 1.21 bits per heavy atom. The fourth-order valence-electron chi connectivity index (χ4n) is 1.33. The van der Waals surface area contributed by atoms with E-state index in [1.807, 2.05) is 13.8 Å². The number of amides is 2. The van der Waals surface area contributed by atoms with Gasteiger partial charge in [0.15, 0.2) is 0 Å². The van der Waals surface area contributed by atoms with Gasteiger partial charge in [0.1, 0.15) is 0 Å². The molecule has 2 amide bonds. The lowest BCUT2D eigenvalue weighted by Gasteiger charge is -2.08. The molecule has 0 bridgehead atoms. The summed E-state index contributed by atoms with van der Waals surface area (Å²) < 4.78 is 0. The Morgan fingerprint density at radius 3 is 2.37 bits per heavy atom. The highest BCUT2D eigenvalue weighted by atomic mass is 16.6. The van der Waals surface area contributed by atoms with Gasteiger partial charge in [-0.25, -0.2) is 5.48 Å². The van der Waals surface area contributed by atoms with Gasteiger partial charge in [-0.2, -0.15) is 0 Å². The van der Waals surface area contributed by atoms with Gasteiger partial charge in [0, 0.05) is 19.0 Å². The first-order valence-corrected chi connectivity index (χ1v) is 6.24. The molecule has 0 fully saturated rings. The molecule has 1 rings (SSSR count). The van der Waals surface area contributed by atoms with Crippen LogP contribution in [0, 0.1) is 5.92 Å². The van der Waals surface area contributed by atoms with Gasteiger partial charge in [-0.05, 0) is 23.6 Å². The molecular weight excluding hydrogens is 244 g/mol. The summed E-state index contributed by atoms with van der Waals surface area (Å²) in [5.41, 5.74) is 3.85. The Bertz CT molecular complexity index is 427. The largest absolute Gasteiger partial charge is 0.352 e. The molecule has 0 aliphatic carbocycles. The summed E-state index contributed by atoms with van der Waals surface area (Å²) in [6.07, 6.45) is 0. The van der Waals surface area contributed by atoms with Gasteiger partial charge < -0.3 is 5.32 Å². The Labute approximate surface area is 113 Å². The van der Waals surface area contributed by atoms with Crippen LogP contribution >= 0.6 is 0 Å². The third-order valence-electron chi connectivity index (χ3n) is 2.34. The Balaban J connectivity index is 2.46. The number of carbonyl (C=O) groups is 2. The Morgan fingerprint density at radius 2 is 1.84 bits per heavy atom. The van der Waals surface area contributed by atoms with Crippen LogP contribution in [0.1, 0.15) is 36.7 Å². The minimum Gasteiger partial charge on any atom is -0.352 e. The van der Waals surface area contributed by atoms with E-state index in [1.54, 1.807) is 24.3 Å². The summed E-state index contributed by atoms with van der Waals surface area (Å²) in [5, 5.41) is 2.69. The molecular formula is C14H20N2O3. The first-order chi connectivity index (χ1) is 8.99. The molecule has 19 heavy (non-hydrogen) atoms. The van der Waals surface area contributed by atoms with Crippen molar-refractivity contribution in [2.75, 3.05) is 6.61 Å². The van der Waals surface area contributed by atoms with Crippen LogP contribution in [0.2, 0.25) is 0 Å². The van der Waals surface area contributed by atoms with Crippen molar-refractivity contribution >= 4 is 11.8 Å². The minimum atomic E-state index is -0.272. The number of nitrogens with one attached hydrogen (secondary N) is 2. The first-order valence-electron chi connectivity index (χ1n) is 6.24. The van der Waals surface area contributed by atoms with E-state index in [0.29, 0.717) is 24.6 Å². The first kappa shape index (κ1) is 15.2. The molecule has 0 saturated heterocycles. The van der Waals surface area contributed by atoms with Crippen molar-refractivity contribution in [3.8, 4) is 0 Å². The van der Waals surface area contributed by atoms with E-state index in [0.717, 1.165) is 5.56 Å². The van der Waals surface area contributed by atoms with Gasteiger partial charge in [-0.3, -0.25) is 14.4 Å². The summed E-state index contributed by atoms with van der Waals surface area (Å²) >= 11 is 0. The SMILES string of the molecule is CC(=O)NCc1ccc(C(=O)NOCC(C)C)cc1. The summed E-state index contributed by atoms with van der Waals surface area (Å²) in [5.74, 6) is 0.0102. The lowest BCUT2D eigenvalue weighted by Crippen LogP contribution is -2.25. The zero-order valence-electron chi connectivity index (χ0n) is 11.5. The number of hydroxylamine groups is 1. The molecule has 0 unspecified atom stereocenters. The molecule has 1 aromatic carbocycles. The summed E-state index contributed by atoms with van der Waals surface area (Å²) in [4.78, 5) is 27.5. The number of hydrogen-bond donors (Lipinski definition) is 2. The van der Waals surface area contributed by atoms with Crippen LogP contribution in [-0.2, 0) is 16.2 Å². The van der Waals surface area contributed by atoms with Gasteiger partial charge in [-0.1, -0.05) is 26.0 Å². The average Bonchev–Trinajstić information content (AvgIpc) is 2.36. The van der Waals surface area contributed by atoms with Crippen LogP contribution in [0.25, 0.3) is 0 Å². The van der Waals surface area contributed by atoms with Gasteiger partial charge in [0.05, 0.1) is 6.61 Å². The van der Waals surface area contributed by atoms with Gasteiger partial charge in [0.25, 0.3) is 5.91 Å². The van der Waals surface area contributed by atoms with E-state index >= 15 is 0 Å². The van der Waals surface area contributed by atoms with E-state index < -0.39 is 0 Å². The van der Waals surface area contributed by atoms with Crippen LogP contribution in [0.5, 0.6) is 0 Å². The second-order valence-electron chi connectivity index (χ2n) is 4.74. The quantitative estimate of drug-likeness (QED) is 0.768. The van der Waals surface area contributed by atoms with Crippen LogP contribution in [0.4, 0.5) is 0 Å². The second kappa shape index (κ2) is 7.53. The van der Waals surface area contributed by atoms with Crippen molar-refractivity contribution in [3.05, 3.63) is 35.4 Å². The highest BCUT2D eigenvalue weighted by molar-refractivity contribution is 5.93.